The average Bonchev–Trinajstić information content (AvgIpc) is 2.65. The maximum atomic E-state index is 14.6. The molecule has 0 spiro atoms. The smallest absolute Gasteiger partial charge is 0.250 e. The first kappa shape index (κ1) is 19.9. The second-order valence-electron chi connectivity index (χ2n) is 5.85. The van der Waals surface area contributed by atoms with Crippen molar-refractivity contribution < 1.29 is 22.0 Å². The Hall–Kier alpha value is -2.84. The number of hydrogen-bond donors (Lipinski definition) is 1. The zero-order valence-corrected chi connectivity index (χ0v) is 15.7. The van der Waals surface area contributed by atoms with Crippen molar-refractivity contribution in [1.29, 1.82) is 0 Å². The van der Waals surface area contributed by atoms with E-state index >= 15 is 0 Å². The number of carbonyl (C=O) groups excluding carboxylic acids is 1. The Kier molecular flexibility index (Phi) is 5.44. The van der Waals surface area contributed by atoms with E-state index in [1.807, 2.05) is 0 Å². The Balaban J connectivity index is 2.34. The molecule has 0 aliphatic carbocycles. The summed E-state index contributed by atoms with van der Waals surface area (Å²) in [6.07, 6.45) is 1.24. The van der Waals surface area contributed by atoms with Gasteiger partial charge in [0.15, 0.2) is 9.84 Å². The Labute approximate surface area is 164 Å². The summed E-state index contributed by atoms with van der Waals surface area (Å²) in [7, 11) is -4.35. The van der Waals surface area contributed by atoms with Gasteiger partial charge in [-0.3, -0.25) is 9.78 Å². The van der Waals surface area contributed by atoms with Gasteiger partial charge in [-0.2, -0.15) is 0 Å². The van der Waals surface area contributed by atoms with Gasteiger partial charge in [0.2, 0.25) is 0 Å². The molecule has 0 saturated carbocycles. The number of benzene rings is 2. The van der Waals surface area contributed by atoms with Crippen LogP contribution in [0.1, 0.15) is 26.9 Å². The predicted molar refractivity (Wildman–Crippen MR) is 99.6 cm³/mol. The summed E-state index contributed by atoms with van der Waals surface area (Å²) < 4.78 is 55.1. The molecule has 3 aromatic rings. The van der Waals surface area contributed by atoms with Crippen LogP contribution in [0.2, 0.25) is 5.02 Å². The minimum Gasteiger partial charge on any atom is -0.366 e. The lowest BCUT2D eigenvalue weighted by Crippen LogP contribution is -2.23. The van der Waals surface area contributed by atoms with Crippen LogP contribution in [0.15, 0.2) is 65.7 Å². The normalized spacial score (nSPS) is 12.5. The summed E-state index contributed by atoms with van der Waals surface area (Å²) in [5, 5.41) is -1.50. The molecule has 1 aromatic heterocycles. The molecular formula is C19H13ClF2N2O3S. The molecule has 1 unspecified atom stereocenters. The molecule has 2 N–H and O–H groups in total. The monoisotopic (exact) mass is 422 g/mol. The average molecular weight is 423 g/mol. The van der Waals surface area contributed by atoms with E-state index in [4.69, 9.17) is 17.3 Å². The second-order valence-corrected chi connectivity index (χ2v) is 8.31. The fraction of sp³-hybridized carbons (Fsp3) is 0.0526. The van der Waals surface area contributed by atoms with Gasteiger partial charge in [-0.25, -0.2) is 17.2 Å². The van der Waals surface area contributed by atoms with E-state index in [0.29, 0.717) is 5.02 Å². The molecule has 1 heterocycles. The van der Waals surface area contributed by atoms with Gasteiger partial charge in [0.25, 0.3) is 5.91 Å². The molecule has 0 radical (unpaired) electrons. The molecule has 3 rings (SSSR count). The van der Waals surface area contributed by atoms with Crippen LogP contribution in [-0.4, -0.2) is 19.3 Å². The number of rotatable bonds is 5. The molecule has 144 valence electrons. The van der Waals surface area contributed by atoms with Crippen molar-refractivity contribution in [3.05, 3.63) is 94.3 Å². The number of primary amides is 1. The second kappa shape index (κ2) is 7.65. The van der Waals surface area contributed by atoms with Crippen LogP contribution in [-0.2, 0) is 9.84 Å². The summed E-state index contributed by atoms with van der Waals surface area (Å²) in [5.41, 5.74) is 4.34. The topological polar surface area (TPSA) is 90.1 Å². The number of nitrogens with two attached hydrogens (primary N) is 1. The van der Waals surface area contributed by atoms with E-state index in [0.717, 1.165) is 18.2 Å². The van der Waals surface area contributed by atoms with Gasteiger partial charge in [0, 0.05) is 16.8 Å². The Morgan fingerprint density at radius 1 is 1.07 bits per heavy atom. The molecule has 0 fully saturated rings. The van der Waals surface area contributed by atoms with E-state index in [9.17, 15) is 22.0 Å². The van der Waals surface area contributed by atoms with Crippen LogP contribution >= 0.6 is 11.6 Å². The van der Waals surface area contributed by atoms with Crippen molar-refractivity contribution in [3.8, 4) is 0 Å². The lowest BCUT2D eigenvalue weighted by Gasteiger charge is -2.20. The summed E-state index contributed by atoms with van der Waals surface area (Å²) in [6.45, 7) is 0. The molecule has 28 heavy (non-hydrogen) atoms. The Morgan fingerprint density at radius 2 is 1.75 bits per heavy atom. The zero-order chi connectivity index (χ0) is 20.5. The van der Waals surface area contributed by atoms with Gasteiger partial charge in [-0.05, 0) is 54.6 Å². The minimum atomic E-state index is -4.35. The molecule has 1 atom stereocenters. The number of hydrogen-bond acceptors (Lipinski definition) is 4. The molecule has 0 bridgehead atoms. The molecule has 2 aromatic carbocycles. The first-order valence-corrected chi connectivity index (χ1v) is 9.83. The van der Waals surface area contributed by atoms with Crippen LogP contribution in [0.4, 0.5) is 8.78 Å². The number of carbonyl (C=O) groups is 1. The molecule has 0 aliphatic heterocycles. The molecule has 1 amide bonds. The first-order chi connectivity index (χ1) is 13.2. The van der Waals surface area contributed by atoms with Gasteiger partial charge in [-0.15, -0.1) is 0 Å². The van der Waals surface area contributed by atoms with Crippen molar-refractivity contribution >= 4 is 27.3 Å². The summed E-state index contributed by atoms with van der Waals surface area (Å²) in [4.78, 5) is 15.6. The van der Waals surface area contributed by atoms with E-state index in [-0.39, 0.29) is 16.2 Å². The summed E-state index contributed by atoms with van der Waals surface area (Å²) in [5.74, 6) is -2.76. The zero-order valence-electron chi connectivity index (χ0n) is 14.1. The number of amides is 1. The van der Waals surface area contributed by atoms with Gasteiger partial charge in [0.05, 0.1) is 16.2 Å². The minimum absolute atomic E-state index is 0.202. The SMILES string of the molecule is NC(=O)c1cccnc1C(c1cc(F)ccc1F)S(=O)(=O)c1ccc(Cl)cc1. The van der Waals surface area contributed by atoms with Crippen molar-refractivity contribution in [2.24, 2.45) is 5.73 Å². The summed E-state index contributed by atoms with van der Waals surface area (Å²) in [6, 6.07) is 10.2. The highest BCUT2D eigenvalue weighted by molar-refractivity contribution is 7.91. The third-order valence-corrected chi connectivity index (χ3v) is 6.32. The van der Waals surface area contributed by atoms with Crippen LogP contribution in [0.25, 0.3) is 0 Å². The number of aromatic nitrogens is 1. The molecular weight excluding hydrogens is 410 g/mol. The predicted octanol–water partition coefficient (Wildman–Crippen LogP) is 3.68. The van der Waals surface area contributed by atoms with Crippen molar-refractivity contribution in [2.75, 3.05) is 0 Å². The molecule has 5 nitrogen and oxygen atoms in total. The third kappa shape index (κ3) is 3.74. The number of pyridine rings is 1. The van der Waals surface area contributed by atoms with E-state index in [1.165, 1.54) is 42.6 Å². The lowest BCUT2D eigenvalue weighted by atomic mass is 10.0. The fourth-order valence-corrected chi connectivity index (χ4v) is 4.68. The van der Waals surface area contributed by atoms with Crippen molar-refractivity contribution in [3.63, 3.8) is 0 Å². The highest BCUT2D eigenvalue weighted by atomic mass is 35.5. The van der Waals surface area contributed by atoms with Gasteiger partial charge in [0.1, 0.15) is 16.9 Å². The van der Waals surface area contributed by atoms with E-state index in [2.05, 4.69) is 4.98 Å². The number of halogens is 3. The quantitative estimate of drug-likeness (QED) is 0.679. The van der Waals surface area contributed by atoms with Gasteiger partial charge < -0.3 is 5.73 Å². The molecule has 0 saturated heterocycles. The highest BCUT2D eigenvalue weighted by Gasteiger charge is 2.36. The van der Waals surface area contributed by atoms with Gasteiger partial charge >= 0.3 is 0 Å². The van der Waals surface area contributed by atoms with Gasteiger partial charge in [-0.1, -0.05) is 11.6 Å². The standard InChI is InChI=1S/C19H13ClF2N2O3S/c20-11-3-6-13(7-4-11)28(26,27)18(15-10-12(21)5-8-16(15)22)17-14(19(23)25)2-1-9-24-17/h1-10,18H,(H2,23,25). The fourth-order valence-electron chi connectivity index (χ4n) is 2.77. The summed E-state index contributed by atoms with van der Waals surface area (Å²) >= 11 is 5.81. The maximum absolute atomic E-state index is 14.6. The largest absolute Gasteiger partial charge is 0.366 e. The van der Waals surface area contributed by atoms with Crippen LogP contribution in [0.5, 0.6) is 0 Å². The first-order valence-electron chi connectivity index (χ1n) is 7.91. The maximum Gasteiger partial charge on any atom is 0.250 e. The Bertz CT molecular complexity index is 1150. The number of sulfone groups is 1. The molecule has 0 aliphatic rings. The number of nitrogens with zero attached hydrogens (tertiary/aromatic N) is 1. The Morgan fingerprint density at radius 3 is 2.39 bits per heavy atom. The third-order valence-electron chi connectivity index (χ3n) is 4.05. The highest BCUT2D eigenvalue weighted by Crippen LogP contribution is 2.37. The molecule has 9 heteroatoms. The van der Waals surface area contributed by atoms with Crippen LogP contribution < -0.4 is 5.73 Å². The van der Waals surface area contributed by atoms with Crippen LogP contribution in [0, 0.1) is 11.6 Å². The van der Waals surface area contributed by atoms with Crippen molar-refractivity contribution in [1.82, 2.24) is 4.98 Å². The van der Waals surface area contributed by atoms with E-state index < -0.39 is 38.2 Å². The lowest BCUT2D eigenvalue weighted by molar-refractivity contribution is 0.0999. The van der Waals surface area contributed by atoms with E-state index in [1.54, 1.807) is 0 Å². The van der Waals surface area contributed by atoms with Crippen LogP contribution in [0.3, 0.4) is 0 Å². The van der Waals surface area contributed by atoms with Crippen molar-refractivity contribution in [2.45, 2.75) is 10.1 Å².